The molecule has 0 radical (unpaired) electrons. The fourth-order valence-electron chi connectivity index (χ4n) is 0.818. The second-order valence-corrected chi connectivity index (χ2v) is 2.51. The van der Waals surface area contributed by atoms with Crippen LogP contribution in [0.5, 0.6) is 0 Å². The van der Waals surface area contributed by atoms with E-state index in [4.69, 9.17) is 5.21 Å². The van der Waals surface area contributed by atoms with E-state index >= 15 is 0 Å². The van der Waals surface area contributed by atoms with Crippen LogP contribution in [0.3, 0.4) is 0 Å². The number of hydrazone groups is 1. The smallest absolute Gasteiger partial charge is 0.287 e. The first-order valence-corrected chi connectivity index (χ1v) is 3.89. The third-order valence-electron chi connectivity index (χ3n) is 1.37. The molecule has 0 saturated carbocycles. The molecule has 1 rings (SSSR count). The van der Waals surface area contributed by atoms with E-state index < -0.39 is 6.03 Å². The van der Waals surface area contributed by atoms with E-state index in [9.17, 15) is 4.79 Å². The van der Waals surface area contributed by atoms with Crippen LogP contribution in [0.4, 0.5) is 4.79 Å². The molecule has 0 atom stereocenters. The van der Waals surface area contributed by atoms with Gasteiger partial charge in [0.2, 0.25) is 0 Å². The topological polar surface area (TPSA) is 86.6 Å². The fraction of sp³-hybridized carbons (Fsp3) is 0.125. The van der Waals surface area contributed by atoms with Gasteiger partial charge in [0.25, 0.3) is 0 Å². The van der Waals surface area contributed by atoms with Gasteiger partial charge in [0.15, 0.2) is 0 Å². The molecular formula is C8H10N4O2. The molecule has 0 aliphatic heterocycles. The van der Waals surface area contributed by atoms with Gasteiger partial charge in [-0.25, -0.2) is 15.7 Å². The summed E-state index contributed by atoms with van der Waals surface area (Å²) in [6.07, 6.45) is 1.38. The van der Waals surface area contributed by atoms with Crippen molar-refractivity contribution >= 4 is 12.2 Å². The van der Waals surface area contributed by atoms with Crippen molar-refractivity contribution < 1.29 is 10.0 Å². The Labute approximate surface area is 80.6 Å². The number of carbonyl (C=O) groups is 1. The average molecular weight is 194 g/mol. The quantitative estimate of drug-likeness (QED) is 0.362. The predicted octanol–water partition coefficient (Wildman–Crippen LogP) is 0.412. The van der Waals surface area contributed by atoms with Crippen molar-refractivity contribution in [1.82, 2.24) is 15.9 Å². The van der Waals surface area contributed by atoms with Crippen LogP contribution in [-0.4, -0.2) is 22.4 Å². The van der Waals surface area contributed by atoms with Crippen molar-refractivity contribution in [2.75, 3.05) is 0 Å². The van der Waals surface area contributed by atoms with Crippen molar-refractivity contribution in [3.8, 4) is 0 Å². The average Bonchev–Trinajstić information content (AvgIpc) is 2.17. The minimum absolute atomic E-state index is 0.628. The Morgan fingerprint density at radius 1 is 1.64 bits per heavy atom. The molecule has 0 aliphatic rings. The molecule has 0 spiro atoms. The maximum Gasteiger partial charge on any atom is 0.358 e. The van der Waals surface area contributed by atoms with Crippen molar-refractivity contribution in [3.63, 3.8) is 0 Å². The molecule has 0 aliphatic carbocycles. The number of urea groups is 1. The molecule has 3 N–H and O–H groups in total. The van der Waals surface area contributed by atoms with Gasteiger partial charge in [0.1, 0.15) is 0 Å². The van der Waals surface area contributed by atoms with Crippen molar-refractivity contribution in [2.24, 2.45) is 5.10 Å². The van der Waals surface area contributed by atoms with Crippen LogP contribution in [0, 0.1) is 6.92 Å². The molecule has 2 amide bonds. The van der Waals surface area contributed by atoms with Gasteiger partial charge in [0.05, 0.1) is 11.9 Å². The van der Waals surface area contributed by atoms with E-state index in [2.05, 4.69) is 10.1 Å². The van der Waals surface area contributed by atoms with Gasteiger partial charge < -0.3 is 0 Å². The molecule has 6 heteroatoms. The van der Waals surface area contributed by atoms with Crippen LogP contribution in [0.15, 0.2) is 23.3 Å². The Morgan fingerprint density at radius 3 is 3.07 bits per heavy atom. The first kappa shape index (κ1) is 10.1. The summed E-state index contributed by atoms with van der Waals surface area (Å²) in [7, 11) is 0. The number of pyridine rings is 1. The number of aromatic nitrogens is 1. The Bertz CT molecular complexity index is 351. The Morgan fingerprint density at radius 2 is 2.43 bits per heavy atom. The number of hydroxylamine groups is 1. The third kappa shape index (κ3) is 3.20. The highest BCUT2D eigenvalue weighted by molar-refractivity contribution is 5.79. The summed E-state index contributed by atoms with van der Waals surface area (Å²) >= 11 is 0. The molecule has 0 bridgehead atoms. The molecule has 0 aromatic carbocycles. The lowest BCUT2D eigenvalue weighted by atomic mass is 10.3. The summed E-state index contributed by atoms with van der Waals surface area (Å²) in [6, 6.07) is 4.63. The first-order chi connectivity index (χ1) is 6.72. The summed E-state index contributed by atoms with van der Waals surface area (Å²) in [6.45, 7) is 1.85. The van der Waals surface area contributed by atoms with E-state index in [1.165, 1.54) is 11.7 Å². The number of carbonyl (C=O) groups excluding carboxylic acids is 1. The number of nitrogens with one attached hydrogen (secondary N) is 2. The molecule has 0 saturated heterocycles. The summed E-state index contributed by atoms with van der Waals surface area (Å²) in [5.41, 5.74) is 4.90. The summed E-state index contributed by atoms with van der Waals surface area (Å²) in [5.74, 6) is 0. The molecule has 1 aromatic heterocycles. The van der Waals surface area contributed by atoms with E-state index in [-0.39, 0.29) is 0 Å². The van der Waals surface area contributed by atoms with E-state index in [0.29, 0.717) is 5.69 Å². The van der Waals surface area contributed by atoms with E-state index in [1.807, 2.05) is 24.5 Å². The lowest BCUT2D eigenvalue weighted by molar-refractivity contribution is 0.162. The van der Waals surface area contributed by atoms with Crippen molar-refractivity contribution in [3.05, 3.63) is 29.6 Å². The fourth-order valence-corrected chi connectivity index (χ4v) is 0.818. The Hall–Kier alpha value is -1.95. The number of amides is 2. The summed E-state index contributed by atoms with van der Waals surface area (Å²) in [4.78, 5) is 14.6. The van der Waals surface area contributed by atoms with Gasteiger partial charge in [-0.05, 0) is 19.1 Å². The molecule has 6 nitrogen and oxygen atoms in total. The highest BCUT2D eigenvalue weighted by Gasteiger charge is 1.92. The monoisotopic (exact) mass is 194 g/mol. The van der Waals surface area contributed by atoms with Crippen LogP contribution in [0.2, 0.25) is 0 Å². The van der Waals surface area contributed by atoms with Gasteiger partial charge in [-0.3, -0.25) is 10.2 Å². The third-order valence-corrected chi connectivity index (χ3v) is 1.37. The molecule has 74 valence electrons. The number of rotatable bonds is 2. The zero-order valence-electron chi connectivity index (χ0n) is 7.56. The Kier molecular flexibility index (Phi) is 3.57. The van der Waals surface area contributed by atoms with Gasteiger partial charge in [-0.1, -0.05) is 6.07 Å². The largest absolute Gasteiger partial charge is 0.358 e. The number of hydrogen-bond acceptors (Lipinski definition) is 4. The lowest BCUT2D eigenvalue weighted by Crippen LogP contribution is -2.29. The van der Waals surface area contributed by atoms with Crippen LogP contribution >= 0.6 is 0 Å². The van der Waals surface area contributed by atoms with Crippen LogP contribution in [-0.2, 0) is 0 Å². The van der Waals surface area contributed by atoms with Crippen LogP contribution in [0.1, 0.15) is 11.4 Å². The lowest BCUT2D eigenvalue weighted by Gasteiger charge is -1.96. The summed E-state index contributed by atoms with van der Waals surface area (Å²) < 4.78 is 0. The minimum atomic E-state index is -0.797. The number of nitrogens with zero attached hydrogens (tertiary/aromatic N) is 2. The molecular weight excluding hydrogens is 184 g/mol. The van der Waals surface area contributed by atoms with Crippen molar-refractivity contribution in [1.29, 1.82) is 0 Å². The minimum Gasteiger partial charge on any atom is -0.287 e. The van der Waals surface area contributed by atoms with E-state index in [0.717, 1.165) is 5.69 Å². The SMILES string of the molecule is Cc1cccc(/C=N/NC(=O)NO)n1. The maximum absolute atomic E-state index is 10.5. The van der Waals surface area contributed by atoms with Gasteiger partial charge >= 0.3 is 6.03 Å². The zero-order chi connectivity index (χ0) is 10.4. The maximum atomic E-state index is 10.5. The molecule has 1 heterocycles. The van der Waals surface area contributed by atoms with Crippen LogP contribution < -0.4 is 10.9 Å². The molecule has 14 heavy (non-hydrogen) atoms. The summed E-state index contributed by atoms with van der Waals surface area (Å²) in [5, 5.41) is 11.7. The highest BCUT2D eigenvalue weighted by atomic mass is 16.5. The number of hydrogen-bond donors (Lipinski definition) is 3. The Balaban J connectivity index is 2.56. The van der Waals surface area contributed by atoms with E-state index in [1.54, 1.807) is 6.07 Å². The van der Waals surface area contributed by atoms with Gasteiger partial charge in [-0.2, -0.15) is 5.10 Å². The highest BCUT2D eigenvalue weighted by Crippen LogP contribution is 1.94. The molecule has 1 aromatic rings. The van der Waals surface area contributed by atoms with Gasteiger partial charge in [0, 0.05) is 5.69 Å². The zero-order valence-corrected chi connectivity index (χ0v) is 7.56. The number of aryl methyl sites for hydroxylation is 1. The molecule has 0 unspecified atom stereocenters. The van der Waals surface area contributed by atoms with Gasteiger partial charge in [-0.15, -0.1) is 0 Å². The standard InChI is InChI=1S/C8H10N4O2/c1-6-3-2-4-7(10-6)5-9-11-8(13)12-14/h2-5,14H,1H3,(H2,11,12,13)/b9-5+. The second-order valence-electron chi connectivity index (χ2n) is 2.51. The molecule has 0 fully saturated rings. The normalized spacial score (nSPS) is 10.1. The first-order valence-electron chi connectivity index (χ1n) is 3.89. The predicted molar refractivity (Wildman–Crippen MR) is 50.0 cm³/mol. The van der Waals surface area contributed by atoms with Crippen molar-refractivity contribution in [2.45, 2.75) is 6.92 Å². The second kappa shape index (κ2) is 4.93. The van der Waals surface area contributed by atoms with Crippen LogP contribution in [0.25, 0.3) is 0 Å².